The number of rotatable bonds is 6. The van der Waals surface area contributed by atoms with E-state index in [9.17, 15) is 13.6 Å². The first kappa shape index (κ1) is 19.5. The third-order valence-corrected chi connectivity index (χ3v) is 4.59. The molecule has 3 rings (SSSR count). The van der Waals surface area contributed by atoms with Gasteiger partial charge in [-0.15, -0.1) is 0 Å². The van der Waals surface area contributed by atoms with E-state index in [0.29, 0.717) is 33.8 Å². The highest BCUT2D eigenvalue weighted by Gasteiger charge is 2.17. The number of aliphatic imine (C=N–C) groups is 1. The number of carbonyl (C=O) groups excluding carboxylic acids is 1. The summed E-state index contributed by atoms with van der Waals surface area (Å²) in [4.78, 5) is 24.5. The van der Waals surface area contributed by atoms with Crippen LogP contribution in [0.25, 0.3) is 11.0 Å². The van der Waals surface area contributed by atoms with Gasteiger partial charge in [0.25, 0.3) is 0 Å². The van der Waals surface area contributed by atoms with Crippen LogP contribution < -0.4 is 11.1 Å². The van der Waals surface area contributed by atoms with Crippen molar-refractivity contribution >= 4 is 45.1 Å². The highest BCUT2D eigenvalue weighted by atomic mass is 32.2. The number of Topliss-reactive ketones (excluding diaryl/α,β-unsaturated/α-hetero) is 1. The lowest BCUT2D eigenvalue weighted by Gasteiger charge is -2.07. The van der Waals surface area contributed by atoms with Gasteiger partial charge in [-0.05, 0) is 43.3 Å². The maximum absolute atomic E-state index is 12.7. The summed E-state index contributed by atoms with van der Waals surface area (Å²) in [6.07, 6.45) is 3.12. The molecule has 1 aromatic carbocycles. The zero-order valence-corrected chi connectivity index (χ0v) is 16.1. The van der Waals surface area contributed by atoms with Crippen LogP contribution in [0.15, 0.2) is 64.3 Å². The molecule has 2 heterocycles. The van der Waals surface area contributed by atoms with Crippen LogP contribution in [0.1, 0.15) is 17.3 Å². The Labute approximate surface area is 163 Å². The second kappa shape index (κ2) is 8.15. The van der Waals surface area contributed by atoms with Gasteiger partial charge in [0, 0.05) is 30.0 Å². The number of hydrogen-bond donors (Lipinski definition) is 4. The van der Waals surface area contributed by atoms with Gasteiger partial charge in [-0.2, -0.15) is 0 Å². The van der Waals surface area contributed by atoms with E-state index in [1.54, 1.807) is 49.5 Å². The summed E-state index contributed by atoms with van der Waals surface area (Å²) < 4.78 is 20.4. The van der Waals surface area contributed by atoms with E-state index in [1.807, 2.05) is 0 Å². The standard InChI is InChI=1S/C19H19N5O3S/c1-11(20)8-16(21-2)18(25)15-10-22-19-14(15)6-7-17(24-19)23-12-4-3-5-13(9-12)28(26)27/h3-10H,20H2,1-2H3,(H,26,27)(H2,22,23,24). The number of aromatic nitrogens is 2. The Hall–Kier alpha value is -3.30. The minimum Gasteiger partial charge on any atom is -0.402 e. The number of carbonyl (C=O) groups is 1. The minimum absolute atomic E-state index is 0.251. The molecule has 0 aliphatic rings. The van der Waals surface area contributed by atoms with E-state index in [4.69, 9.17) is 5.73 Å². The molecule has 1 unspecified atom stereocenters. The number of allylic oxidation sites excluding steroid dienone is 2. The highest BCUT2D eigenvalue weighted by molar-refractivity contribution is 7.79. The Morgan fingerprint density at radius 2 is 2.14 bits per heavy atom. The summed E-state index contributed by atoms with van der Waals surface area (Å²) in [6, 6.07) is 10.1. The average Bonchev–Trinajstić information content (AvgIpc) is 3.08. The first-order valence-corrected chi connectivity index (χ1v) is 9.41. The Morgan fingerprint density at radius 3 is 2.82 bits per heavy atom. The molecule has 144 valence electrons. The second-order valence-electron chi connectivity index (χ2n) is 6.02. The summed E-state index contributed by atoms with van der Waals surface area (Å²) in [5.41, 5.74) is 8.01. The number of hydrogen-bond acceptors (Lipinski definition) is 6. The van der Waals surface area contributed by atoms with Gasteiger partial charge in [-0.25, -0.2) is 9.19 Å². The molecule has 0 saturated heterocycles. The Bertz CT molecular complexity index is 1130. The number of ketones is 1. The van der Waals surface area contributed by atoms with Crippen LogP contribution in [-0.2, 0) is 11.1 Å². The molecule has 0 spiro atoms. The van der Waals surface area contributed by atoms with Gasteiger partial charge in [0.05, 0.1) is 10.5 Å². The molecule has 5 N–H and O–H groups in total. The molecule has 0 fully saturated rings. The van der Waals surface area contributed by atoms with Gasteiger partial charge in [-0.3, -0.25) is 9.79 Å². The maximum Gasteiger partial charge on any atom is 0.213 e. The summed E-state index contributed by atoms with van der Waals surface area (Å²) in [5, 5.41) is 3.74. The lowest BCUT2D eigenvalue weighted by atomic mass is 10.1. The monoisotopic (exact) mass is 397 g/mol. The fourth-order valence-electron chi connectivity index (χ4n) is 2.68. The number of fused-ring (bicyclic) bond motifs is 1. The Balaban J connectivity index is 1.90. The van der Waals surface area contributed by atoms with Crippen molar-refractivity contribution in [3.8, 4) is 0 Å². The Kier molecular flexibility index (Phi) is 5.67. The molecule has 0 radical (unpaired) electrons. The van der Waals surface area contributed by atoms with Crippen molar-refractivity contribution in [1.29, 1.82) is 0 Å². The molecule has 9 heteroatoms. The molecular formula is C19H19N5O3S. The molecule has 0 bridgehead atoms. The zero-order valence-electron chi connectivity index (χ0n) is 15.3. The normalized spacial score (nSPS) is 13.5. The van der Waals surface area contributed by atoms with E-state index < -0.39 is 11.1 Å². The van der Waals surface area contributed by atoms with Crippen molar-refractivity contribution in [2.45, 2.75) is 11.8 Å². The molecule has 8 nitrogen and oxygen atoms in total. The van der Waals surface area contributed by atoms with Gasteiger partial charge in [0.1, 0.15) is 17.2 Å². The zero-order chi connectivity index (χ0) is 20.3. The van der Waals surface area contributed by atoms with Crippen LogP contribution in [0.3, 0.4) is 0 Å². The number of nitrogens with two attached hydrogens (primary N) is 1. The molecule has 3 aromatic rings. The number of benzene rings is 1. The second-order valence-corrected chi connectivity index (χ2v) is 6.99. The van der Waals surface area contributed by atoms with Crippen molar-refractivity contribution in [3.05, 3.63) is 59.9 Å². The van der Waals surface area contributed by atoms with E-state index in [2.05, 4.69) is 20.3 Å². The van der Waals surface area contributed by atoms with E-state index in [-0.39, 0.29) is 16.4 Å². The number of aromatic amines is 1. The van der Waals surface area contributed by atoms with Crippen LogP contribution in [-0.4, -0.2) is 37.3 Å². The van der Waals surface area contributed by atoms with Gasteiger partial charge in [0.15, 0.2) is 11.1 Å². The number of anilines is 2. The predicted octanol–water partition coefficient (Wildman–Crippen LogP) is 3.00. The molecular weight excluding hydrogens is 378 g/mol. The predicted molar refractivity (Wildman–Crippen MR) is 110 cm³/mol. The summed E-state index contributed by atoms with van der Waals surface area (Å²) in [6.45, 7) is 1.69. The molecule has 0 saturated carbocycles. The lowest BCUT2D eigenvalue weighted by Crippen LogP contribution is -2.13. The summed E-state index contributed by atoms with van der Waals surface area (Å²) in [7, 11) is 1.54. The smallest absolute Gasteiger partial charge is 0.213 e. The molecule has 0 amide bonds. The fraction of sp³-hybridized carbons (Fsp3) is 0.105. The van der Waals surface area contributed by atoms with Gasteiger partial charge >= 0.3 is 0 Å². The largest absolute Gasteiger partial charge is 0.402 e. The third kappa shape index (κ3) is 4.16. The first-order valence-electron chi connectivity index (χ1n) is 8.30. The van der Waals surface area contributed by atoms with E-state index in [1.165, 1.54) is 13.1 Å². The fourth-order valence-corrected chi connectivity index (χ4v) is 3.10. The maximum atomic E-state index is 12.7. The number of pyridine rings is 1. The van der Waals surface area contributed by atoms with E-state index in [0.717, 1.165) is 0 Å². The van der Waals surface area contributed by atoms with Gasteiger partial charge < -0.3 is 20.6 Å². The quantitative estimate of drug-likeness (QED) is 0.287. The highest BCUT2D eigenvalue weighted by Crippen LogP contribution is 2.23. The van der Waals surface area contributed by atoms with Crippen molar-refractivity contribution in [2.75, 3.05) is 12.4 Å². The number of H-pyrrole nitrogens is 1. The summed E-state index contributed by atoms with van der Waals surface area (Å²) in [5.74, 6) is 0.274. The molecule has 2 aromatic heterocycles. The summed E-state index contributed by atoms with van der Waals surface area (Å²) >= 11 is -2.06. The van der Waals surface area contributed by atoms with Crippen molar-refractivity contribution in [3.63, 3.8) is 0 Å². The van der Waals surface area contributed by atoms with Crippen LogP contribution >= 0.6 is 0 Å². The minimum atomic E-state index is -2.06. The topological polar surface area (TPSA) is 133 Å². The first-order chi connectivity index (χ1) is 13.4. The van der Waals surface area contributed by atoms with Gasteiger partial charge in [-0.1, -0.05) is 6.07 Å². The van der Waals surface area contributed by atoms with E-state index >= 15 is 0 Å². The van der Waals surface area contributed by atoms with Gasteiger partial charge in [0.2, 0.25) is 5.78 Å². The molecule has 0 aliphatic carbocycles. The third-order valence-electron chi connectivity index (χ3n) is 3.93. The van der Waals surface area contributed by atoms with Crippen LogP contribution in [0.2, 0.25) is 0 Å². The Morgan fingerprint density at radius 1 is 1.36 bits per heavy atom. The lowest BCUT2D eigenvalue weighted by molar-refractivity contribution is 0.106. The molecule has 28 heavy (non-hydrogen) atoms. The van der Waals surface area contributed by atoms with Crippen LogP contribution in [0, 0.1) is 0 Å². The average molecular weight is 397 g/mol. The SMILES string of the molecule is CN=C(C=C(C)N)C(=O)c1c[nH]c2nc(Nc3cccc(S(=O)O)c3)ccc12. The van der Waals surface area contributed by atoms with Crippen molar-refractivity contribution in [1.82, 2.24) is 9.97 Å². The molecule has 1 atom stereocenters. The van der Waals surface area contributed by atoms with Crippen LogP contribution in [0.4, 0.5) is 11.5 Å². The molecule has 0 aliphatic heterocycles. The van der Waals surface area contributed by atoms with Crippen molar-refractivity contribution in [2.24, 2.45) is 10.7 Å². The number of nitrogens with zero attached hydrogens (tertiary/aromatic N) is 2. The number of nitrogens with one attached hydrogen (secondary N) is 2. The van der Waals surface area contributed by atoms with Crippen molar-refractivity contribution < 1.29 is 13.6 Å². The van der Waals surface area contributed by atoms with Crippen LogP contribution in [0.5, 0.6) is 0 Å².